The van der Waals surface area contributed by atoms with Crippen LogP contribution < -0.4 is 5.43 Å². The minimum absolute atomic E-state index is 0.135. The first-order valence-corrected chi connectivity index (χ1v) is 5.86. The summed E-state index contributed by atoms with van der Waals surface area (Å²) in [6, 6.07) is 8.78. The number of piperidine rings is 1. The second kappa shape index (κ2) is 5.46. The summed E-state index contributed by atoms with van der Waals surface area (Å²) in [5, 5.41) is 10.7. The summed E-state index contributed by atoms with van der Waals surface area (Å²) in [6.45, 7) is 1.81. The molecule has 1 N–H and O–H groups in total. The van der Waals surface area contributed by atoms with Crippen molar-refractivity contribution in [2.24, 2.45) is 0 Å². The van der Waals surface area contributed by atoms with Crippen molar-refractivity contribution in [1.29, 1.82) is 5.26 Å². The Bertz CT molecular complexity index is 444. The molecule has 4 heteroatoms. The van der Waals surface area contributed by atoms with Crippen molar-refractivity contribution < 1.29 is 4.79 Å². The van der Waals surface area contributed by atoms with Gasteiger partial charge in [0.05, 0.1) is 11.6 Å². The van der Waals surface area contributed by atoms with Crippen LogP contribution in [0, 0.1) is 11.3 Å². The minimum atomic E-state index is -0.135. The van der Waals surface area contributed by atoms with Crippen molar-refractivity contribution in [2.45, 2.75) is 19.3 Å². The quantitative estimate of drug-likeness (QED) is 0.839. The monoisotopic (exact) mass is 229 g/mol. The van der Waals surface area contributed by atoms with E-state index in [0.29, 0.717) is 11.1 Å². The molecule has 0 saturated carbocycles. The van der Waals surface area contributed by atoms with E-state index in [0.717, 1.165) is 25.9 Å². The van der Waals surface area contributed by atoms with Gasteiger partial charge in [0.25, 0.3) is 5.91 Å². The molecule has 1 aliphatic heterocycles. The van der Waals surface area contributed by atoms with Crippen LogP contribution in [0.1, 0.15) is 35.2 Å². The molecular weight excluding hydrogens is 214 g/mol. The molecule has 0 bridgehead atoms. The molecule has 1 fully saturated rings. The summed E-state index contributed by atoms with van der Waals surface area (Å²) in [5.74, 6) is -0.135. The highest BCUT2D eigenvalue weighted by molar-refractivity contribution is 5.94. The molecule has 88 valence electrons. The van der Waals surface area contributed by atoms with Gasteiger partial charge in [0.15, 0.2) is 0 Å². The summed E-state index contributed by atoms with van der Waals surface area (Å²) in [6.07, 6.45) is 3.48. The second-order valence-corrected chi connectivity index (χ2v) is 4.18. The topological polar surface area (TPSA) is 56.1 Å². The number of rotatable bonds is 2. The van der Waals surface area contributed by atoms with Gasteiger partial charge in [0.1, 0.15) is 0 Å². The number of nitriles is 1. The fourth-order valence-electron chi connectivity index (χ4n) is 1.94. The minimum Gasteiger partial charge on any atom is -0.285 e. The van der Waals surface area contributed by atoms with Crippen LogP contribution in [-0.2, 0) is 0 Å². The zero-order valence-electron chi connectivity index (χ0n) is 9.65. The average Bonchev–Trinajstić information content (AvgIpc) is 2.40. The van der Waals surface area contributed by atoms with E-state index < -0.39 is 0 Å². The van der Waals surface area contributed by atoms with Crippen molar-refractivity contribution in [2.75, 3.05) is 13.1 Å². The molecule has 0 atom stereocenters. The fraction of sp³-hybridized carbons (Fsp3) is 0.385. The van der Waals surface area contributed by atoms with Crippen molar-refractivity contribution in [3.63, 3.8) is 0 Å². The Morgan fingerprint density at radius 2 is 2.06 bits per heavy atom. The lowest BCUT2D eigenvalue weighted by Gasteiger charge is -2.26. The molecule has 0 aromatic heterocycles. The first kappa shape index (κ1) is 11.6. The van der Waals surface area contributed by atoms with Crippen LogP contribution in [0.25, 0.3) is 0 Å². The smallest absolute Gasteiger partial charge is 0.265 e. The normalized spacial score (nSPS) is 16.2. The number of nitrogens with one attached hydrogen (secondary N) is 1. The van der Waals surface area contributed by atoms with Crippen molar-refractivity contribution in [1.82, 2.24) is 10.4 Å². The maximum atomic E-state index is 11.9. The van der Waals surface area contributed by atoms with Gasteiger partial charge in [-0.15, -0.1) is 0 Å². The standard InChI is InChI=1S/C13H15N3O/c14-10-11-5-4-6-12(9-11)13(17)15-16-7-2-1-3-8-16/h4-6,9H,1-3,7-8H2,(H,15,17). The molecule has 1 aromatic carbocycles. The summed E-state index contributed by atoms with van der Waals surface area (Å²) in [4.78, 5) is 11.9. The molecule has 1 saturated heterocycles. The van der Waals surface area contributed by atoms with Crippen molar-refractivity contribution in [3.8, 4) is 6.07 Å². The molecule has 0 radical (unpaired) electrons. The van der Waals surface area contributed by atoms with E-state index in [2.05, 4.69) is 5.43 Å². The fourth-order valence-corrected chi connectivity index (χ4v) is 1.94. The summed E-state index contributed by atoms with van der Waals surface area (Å²) in [5.41, 5.74) is 3.92. The van der Waals surface area contributed by atoms with E-state index in [1.54, 1.807) is 24.3 Å². The molecule has 1 aromatic rings. The van der Waals surface area contributed by atoms with Crippen LogP contribution in [0.4, 0.5) is 0 Å². The van der Waals surface area contributed by atoms with Crippen LogP contribution in [0.15, 0.2) is 24.3 Å². The van der Waals surface area contributed by atoms with Gasteiger partial charge in [0, 0.05) is 18.7 Å². The first-order chi connectivity index (χ1) is 8.29. The molecule has 2 rings (SSSR count). The third-order valence-corrected chi connectivity index (χ3v) is 2.87. The van der Waals surface area contributed by atoms with Crippen LogP contribution >= 0.6 is 0 Å². The van der Waals surface area contributed by atoms with E-state index in [4.69, 9.17) is 5.26 Å². The lowest BCUT2D eigenvalue weighted by molar-refractivity contribution is 0.0750. The van der Waals surface area contributed by atoms with E-state index in [-0.39, 0.29) is 5.91 Å². The number of amides is 1. The van der Waals surface area contributed by atoms with Gasteiger partial charge in [-0.25, -0.2) is 5.01 Å². The highest BCUT2D eigenvalue weighted by atomic mass is 16.2. The number of carbonyl (C=O) groups excluding carboxylic acids is 1. The Hall–Kier alpha value is -1.86. The summed E-state index contributed by atoms with van der Waals surface area (Å²) < 4.78 is 0. The highest BCUT2D eigenvalue weighted by Gasteiger charge is 2.13. The zero-order valence-corrected chi connectivity index (χ0v) is 9.65. The largest absolute Gasteiger partial charge is 0.285 e. The number of nitrogens with zero attached hydrogens (tertiary/aromatic N) is 2. The Morgan fingerprint density at radius 3 is 2.76 bits per heavy atom. The number of benzene rings is 1. The third-order valence-electron chi connectivity index (χ3n) is 2.87. The molecule has 17 heavy (non-hydrogen) atoms. The zero-order chi connectivity index (χ0) is 12.1. The van der Waals surface area contributed by atoms with E-state index in [9.17, 15) is 4.79 Å². The van der Waals surface area contributed by atoms with Crippen molar-refractivity contribution >= 4 is 5.91 Å². The first-order valence-electron chi connectivity index (χ1n) is 5.86. The Morgan fingerprint density at radius 1 is 1.29 bits per heavy atom. The third kappa shape index (κ3) is 3.05. The van der Waals surface area contributed by atoms with E-state index in [1.165, 1.54) is 6.42 Å². The molecular formula is C13H15N3O. The van der Waals surface area contributed by atoms with Gasteiger partial charge >= 0.3 is 0 Å². The number of hydrazine groups is 1. The predicted molar refractivity (Wildman–Crippen MR) is 64.0 cm³/mol. The number of carbonyl (C=O) groups is 1. The van der Waals surface area contributed by atoms with E-state index in [1.807, 2.05) is 11.1 Å². The predicted octanol–water partition coefficient (Wildman–Crippen LogP) is 1.69. The van der Waals surface area contributed by atoms with Crippen LogP contribution in [0.5, 0.6) is 0 Å². The Balaban J connectivity index is 2.01. The molecule has 0 aliphatic carbocycles. The number of hydrogen-bond acceptors (Lipinski definition) is 3. The lowest BCUT2D eigenvalue weighted by Crippen LogP contribution is -2.45. The molecule has 4 nitrogen and oxygen atoms in total. The molecule has 0 unspecified atom stereocenters. The lowest BCUT2D eigenvalue weighted by atomic mass is 10.1. The van der Waals surface area contributed by atoms with Crippen LogP contribution in [0.3, 0.4) is 0 Å². The van der Waals surface area contributed by atoms with Crippen LogP contribution in [-0.4, -0.2) is 24.0 Å². The van der Waals surface area contributed by atoms with Gasteiger partial charge in [-0.2, -0.15) is 5.26 Å². The average molecular weight is 229 g/mol. The summed E-state index contributed by atoms with van der Waals surface area (Å²) >= 11 is 0. The van der Waals surface area contributed by atoms with Gasteiger partial charge in [-0.1, -0.05) is 12.5 Å². The van der Waals surface area contributed by atoms with E-state index >= 15 is 0 Å². The van der Waals surface area contributed by atoms with Gasteiger partial charge in [-0.05, 0) is 31.0 Å². The van der Waals surface area contributed by atoms with Gasteiger partial charge in [-0.3, -0.25) is 10.2 Å². The molecule has 1 heterocycles. The molecule has 1 aliphatic rings. The van der Waals surface area contributed by atoms with Gasteiger partial charge in [0.2, 0.25) is 0 Å². The highest BCUT2D eigenvalue weighted by Crippen LogP contribution is 2.08. The number of hydrogen-bond donors (Lipinski definition) is 1. The Labute approximate surface area is 101 Å². The second-order valence-electron chi connectivity index (χ2n) is 4.18. The maximum absolute atomic E-state index is 11.9. The van der Waals surface area contributed by atoms with Crippen LogP contribution in [0.2, 0.25) is 0 Å². The molecule has 0 spiro atoms. The van der Waals surface area contributed by atoms with Crippen molar-refractivity contribution in [3.05, 3.63) is 35.4 Å². The molecule has 1 amide bonds. The Kier molecular flexibility index (Phi) is 3.73. The summed E-state index contributed by atoms with van der Waals surface area (Å²) in [7, 11) is 0. The maximum Gasteiger partial charge on any atom is 0.265 e. The SMILES string of the molecule is N#Cc1cccc(C(=O)NN2CCCCC2)c1. The van der Waals surface area contributed by atoms with Gasteiger partial charge < -0.3 is 0 Å².